The molecule has 15 heavy (non-hydrogen) atoms. The Labute approximate surface area is 103 Å². The highest BCUT2D eigenvalue weighted by Gasteiger charge is 2.06. The van der Waals surface area contributed by atoms with E-state index in [0.29, 0.717) is 12.2 Å². The van der Waals surface area contributed by atoms with Gasteiger partial charge in [-0.15, -0.1) is 0 Å². The molecule has 0 aliphatic rings. The third-order valence-electron chi connectivity index (χ3n) is 2.16. The summed E-state index contributed by atoms with van der Waals surface area (Å²) in [5, 5.41) is 4.23. The summed E-state index contributed by atoms with van der Waals surface area (Å²) in [5.74, 6) is 0.578. The third-order valence-corrected chi connectivity index (χ3v) is 4.03. The van der Waals surface area contributed by atoms with Crippen LogP contribution in [0, 0.1) is 6.92 Å². The maximum absolute atomic E-state index is 5.69. The van der Waals surface area contributed by atoms with Crippen molar-refractivity contribution in [1.29, 1.82) is 0 Å². The second-order valence-corrected chi connectivity index (χ2v) is 5.36. The summed E-state index contributed by atoms with van der Waals surface area (Å²) >= 11 is 2.30. The summed E-state index contributed by atoms with van der Waals surface area (Å²) in [6, 6.07) is 10.3. The average molecular weight is 331 g/mol. The molecule has 1 aromatic heterocycles. The van der Waals surface area contributed by atoms with Crippen LogP contribution in [0.1, 0.15) is 5.56 Å². The fourth-order valence-electron chi connectivity index (χ4n) is 1.39. The second kappa shape index (κ2) is 4.49. The zero-order valence-electron chi connectivity index (χ0n) is 8.24. The number of hydrogen-bond acceptors (Lipinski definition) is 2. The Bertz CT molecular complexity index is 464. The minimum Gasteiger partial charge on any atom is -0.382 e. The van der Waals surface area contributed by atoms with Crippen LogP contribution in [0.3, 0.4) is 0 Å². The van der Waals surface area contributed by atoms with Crippen LogP contribution in [0.5, 0.6) is 0 Å². The van der Waals surface area contributed by atoms with Gasteiger partial charge in [0, 0.05) is 11.6 Å². The summed E-state index contributed by atoms with van der Waals surface area (Å²) in [7, 11) is 0. The van der Waals surface area contributed by atoms with Gasteiger partial charge < -0.3 is 5.73 Å². The van der Waals surface area contributed by atoms with Gasteiger partial charge in [0.25, 0.3) is 0 Å². The molecule has 1 heterocycles. The molecular weight excluding hydrogens is 320 g/mol. The van der Waals surface area contributed by atoms with E-state index in [1.54, 1.807) is 0 Å². The Morgan fingerprint density at radius 3 is 2.60 bits per heavy atom. The van der Waals surface area contributed by atoms with E-state index in [1.807, 2.05) is 10.5 Å². The van der Waals surface area contributed by atoms with Crippen molar-refractivity contribution < 1.29 is 0 Å². The van der Waals surface area contributed by atoms with Gasteiger partial charge in [-0.1, -0.05) is 29.8 Å². The largest absolute Gasteiger partial charge is 0.382 e. The topological polar surface area (TPSA) is 43.8 Å². The van der Waals surface area contributed by atoms with Gasteiger partial charge in [0.15, 0.2) is 0 Å². The van der Waals surface area contributed by atoms with Gasteiger partial charge in [-0.25, -0.2) is 4.45 Å². The Kier molecular flexibility index (Phi) is 3.26. The smallest absolute Gasteiger partial charge is 0.146 e. The van der Waals surface area contributed by atoms with Gasteiger partial charge in [0.05, 0.1) is 12.1 Å². The van der Waals surface area contributed by atoms with Gasteiger partial charge >= 0.3 is 0 Å². The standard InChI is InChI=1S/C10H11IN3P/c1-7-2-4-8(5-3-7)9-6-10(12)13-14(9)15-11/h2-6,15H,1H3,(H2,12,13). The molecule has 78 valence electrons. The van der Waals surface area contributed by atoms with E-state index >= 15 is 0 Å². The van der Waals surface area contributed by atoms with Crippen LogP contribution in [0.4, 0.5) is 5.82 Å². The first-order valence-electron chi connectivity index (χ1n) is 4.50. The zero-order chi connectivity index (χ0) is 10.8. The van der Waals surface area contributed by atoms with Gasteiger partial charge in [-0.05, 0) is 29.0 Å². The molecule has 5 heteroatoms. The van der Waals surface area contributed by atoms with Crippen LogP contribution in [0.25, 0.3) is 11.3 Å². The number of hydrogen-bond donors (Lipinski definition) is 1. The summed E-state index contributed by atoms with van der Waals surface area (Å²) in [6.45, 7) is 2.08. The Balaban J connectivity index is 2.48. The molecule has 0 amide bonds. The molecule has 0 saturated carbocycles. The van der Waals surface area contributed by atoms with Crippen LogP contribution in [0.15, 0.2) is 30.3 Å². The predicted octanol–water partition coefficient (Wildman–Crippen LogP) is 3.23. The van der Waals surface area contributed by atoms with Crippen LogP contribution >= 0.6 is 28.4 Å². The number of aryl methyl sites for hydroxylation is 1. The molecule has 0 spiro atoms. The van der Waals surface area contributed by atoms with E-state index in [1.165, 1.54) is 5.56 Å². The van der Waals surface area contributed by atoms with Crippen LogP contribution in [-0.4, -0.2) is 9.55 Å². The van der Waals surface area contributed by atoms with Crippen LogP contribution in [-0.2, 0) is 0 Å². The fourth-order valence-corrected chi connectivity index (χ4v) is 2.94. The summed E-state index contributed by atoms with van der Waals surface area (Å²) in [4.78, 5) is 0. The Morgan fingerprint density at radius 1 is 1.33 bits per heavy atom. The van der Waals surface area contributed by atoms with Gasteiger partial charge in [0.1, 0.15) is 5.82 Å². The van der Waals surface area contributed by atoms with Crippen molar-refractivity contribution in [3.05, 3.63) is 35.9 Å². The molecular formula is C10H11IN3P. The number of rotatable bonds is 2. The van der Waals surface area contributed by atoms with Crippen molar-refractivity contribution in [3.63, 3.8) is 0 Å². The lowest BCUT2D eigenvalue weighted by Gasteiger charge is -2.03. The molecule has 2 N–H and O–H groups in total. The van der Waals surface area contributed by atoms with Gasteiger partial charge in [-0.3, -0.25) is 0 Å². The number of benzene rings is 1. The highest BCUT2D eigenvalue weighted by Crippen LogP contribution is 2.32. The lowest BCUT2D eigenvalue weighted by atomic mass is 10.1. The van der Waals surface area contributed by atoms with E-state index in [2.05, 4.69) is 58.3 Å². The molecule has 2 rings (SSSR count). The highest BCUT2D eigenvalue weighted by atomic mass is 127. The highest BCUT2D eigenvalue weighted by molar-refractivity contribution is 14.2. The average Bonchev–Trinajstić information content (AvgIpc) is 2.61. The number of anilines is 1. The van der Waals surface area contributed by atoms with Crippen molar-refractivity contribution >= 4 is 34.2 Å². The third kappa shape index (κ3) is 2.32. The van der Waals surface area contributed by atoms with Crippen molar-refractivity contribution in [3.8, 4) is 11.3 Å². The molecule has 0 radical (unpaired) electrons. The molecule has 1 unspecified atom stereocenters. The number of nitrogen functional groups attached to an aromatic ring is 1. The van der Waals surface area contributed by atoms with E-state index in [4.69, 9.17) is 5.73 Å². The quantitative estimate of drug-likeness (QED) is 0.678. The number of nitrogens with zero attached hydrogens (tertiary/aromatic N) is 2. The lowest BCUT2D eigenvalue weighted by Crippen LogP contribution is -1.89. The molecule has 0 aliphatic carbocycles. The van der Waals surface area contributed by atoms with Crippen molar-refractivity contribution in [2.45, 2.75) is 6.92 Å². The molecule has 2 aromatic rings. The maximum Gasteiger partial charge on any atom is 0.146 e. The monoisotopic (exact) mass is 331 g/mol. The van der Waals surface area contributed by atoms with Crippen molar-refractivity contribution in [2.75, 3.05) is 5.73 Å². The number of aromatic nitrogens is 2. The first-order chi connectivity index (χ1) is 7.20. The van der Waals surface area contributed by atoms with E-state index in [-0.39, 0.29) is 0 Å². The Morgan fingerprint density at radius 2 is 2.00 bits per heavy atom. The lowest BCUT2D eigenvalue weighted by molar-refractivity contribution is 1.02. The van der Waals surface area contributed by atoms with Crippen molar-refractivity contribution in [2.24, 2.45) is 0 Å². The predicted molar refractivity (Wildman–Crippen MR) is 74.5 cm³/mol. The van der Waals surface area contributed by atoms with E-state index < -0.39 is 0 Å². The number of halogens is 1. The molecule has 1 atom stereocenters. The minimum atomic E-state index is 0.568. The molecule has 1 aromatic carbocycles. The zero-order valence-corrected chi connectivity index (χ0v) is 11.4. The fraction of sp³-hybridized carbons (Fsp3) is 0.100. The van der Waals surface area contributed by atoms with E-state index in [0.717, 1.165) is 11.3 Å². The Hall–Kier alpha value is -0.610. The number of nitrogens with two attached hydrogens (primary N) is 1. The van der Waals surface area contributed by atoms with Gasteiger partial charge in [0.2, 0.25) is 0 Å². The first-order valence-corrected chi connectivity index (χ1v) is 8.56. The van der Waals surface area contributed by atoms with Crippen LogP contribution in [0.2, 0.25) is 0 Å². The summed E-state index contributed by atoms with van der Waals surface area (Å²) < 4.78 is 1.93. The molecule has 0 bridgehead atoms. The summed E-state index contributed by atoms with van der Waals surface area (Å²) in [5.41, 5.74) is 9.20. The molecule has 0 fully saturated rings. The second-order valence-electron chi connectivity index (χ2n) is 3.32. The normalized spacial score (nSPS) is 11.3. The molecule has 0 aliphatic heterocycles. The minimum absolute atomic E-state index is 0.568. The van der Waals surface area contributed by atoms with E-state index in [9.17, 15) is 0 Å². The van der Waals surface area contributed by atoms with Crippen molar-refractivity contribution in [1.82, 2.24) is 9.55 Å². The van der Waals surface area contributed by atoms with Gasteiger partial charge in [-0.2, -0.15) is 5.10 Å². The maximum atomic E-state index is 5.69. The molecule has 3 nitrogen and oxygen atoms in total. The first kappa shape index (κ1) is 10.9. The molecule has 0 saturated heterocycles. The van der Waals surface area contributed by atoms with Crippen LogP contribution < -0.4 is 5.73 Å². The SMILES string of the molecule is Cc1ccc(-c2cc(N)nn2PI)cc1. The summed E-state index contributed by atoms with van der Waals surface area (Å²) in [6.07, 6.45) is 0.568.